The van der Waals surface area contributed by atoms with Gasteiger partial charge in [0.2, 0.25) is 0 Å². The van der Waals surface area contributed by atoms with Gasteiger partial charge < -0.3 is 9.64 Å². The van der Waals surface area contributed by atoms with Crippen LogP contribution < -0.4 is 4.90 Å². The third kappa shape index (κ3) is 3.82. The Balaban J connectivity index is 1.83. The minimum absolute atomic E-state index is 0.190. The molecule has 0 bridgehead atoms. The van der Waals surface area contributed by atoms with Gasteiger partial charge in [0.1, 0.15) is 5.82 Å². The standard InChI is InChI=1S/C20H25ClN6O/c1-20(2,3)19-22-17(26-9-6-11-28-12-10-26)16-18(23-19)27(25-24-16)13-14-7-4-5-8-15(14)21/h4-5,7-8H,6,9-13H2,1-3H3. The van der Waals surface area contributed by atoms with Crippen molar-refractivity contribution in [3.05, 3.63) is 40.7 Å². The number of nitrogens with zero attached hydrogens (tertiary/aromatic N) is 6. The molecule has 0 saturated carbocycles. The summed E-state index contributed by atoms with van der Waals surface area (Å²) in [4.78, 5) is 12.0. The maximum Gasteiger partial charge on any atom is 0.184 e. The van der Waals surface area contributed by atoms with Crippen LogP contribution in [0.4, 0.5) is 5.82 Å². The summed E-state index contributed by atoms with van der Waals surface area (Å²) in [5.74, 6) is 1.62. The van der Waals surface area contributed by atoms with E-state index in [1.807, 2.05) is 28.9 Å². The second kappa shape index (κ2) is 7.64. The zero-order chi connectivity index (χ0) is 19.7. The molecule has 0 amide bonds. The topological polar surface area (TPSA) is 69.0 Å². The lowest BCUT2D eigenvalue weighted by atomic mass is 9.96. The van der Waals surface area contributed by atoms with E-state index in [0.29, 0.717) is 18.2 Å². The van der Waals surface area contributed by atoms with Crippen molar-refractivity contribution in [2.24, 2.45) is 0 Å². The Labute approximate surface area is 169 Å². The maximum absolute atomic E-state index is 6.35. The Kier molecular flexibility index (Phi) is 5.21. The van der Waals surface area contributed by atoms with Gasteiger partial charge >= 0.3 is 0 Å². The number of halogens is 1. The van der Waals surface area contributed by atoms with Crippen molar-refractivity contribution in [2.45, 2.75) is 39.2 Å². The average Bonchev–Trinajstić information content (AvgIpc) is 2.88. The summed E-state index contributed by atoms with van der Waals surface area (Å²) in [7, 11) is 0. The highest BCUT2D eigenvalue weighted by Crippen LogP contribution is 2.28. The smallest absolute Gasteiger partial charge is 0.184 e. The van der Waals surface area contributed by atoms with Gasteiger partial charge in [-0.25, -0.2) is 14.6 Å². The Hall–Kier alpha value is -2.25. The van der Waals surface area contributed by atoms with Crippen LogP contribution in [0.1, 0.15) is 38.6 Å². The number of hydrogen-bond donors (Lipinski definition) is 0. The molecule has 0 spiro atoms. The normalized spacial score (nSPS) is 15.8. The average molecular weight is 401 g/mol. The lowest BCUT2D eigenvalue weighted by molar-refractivity contribution is 0.152. The molecule has 0 aliphatic carbocycles. The second-order valence-corrected chi connectivity index (χ2v) is 8.49. The first-order valence-electron chi connectivity index (χ1n) is 9.61. The van der Waals surface area contributed by atoms with Gasteiger partial charge in [-0.05, 0) is 18.1 Å². The van der Waals surface area contributed by atoms with Crippen molar-refractivity contribution < 1.29 is 4.74 Å². The Morgan fingerprint density at radius 1 is 1.11 bits per heavy atom. The van der Waals surface area contributed by atoms with E-state index in [9.17, 15) is 0 Å². The predicted molar refractivity (Wildman–Crippen MR) is 110 cm³/mol. The van der Waals surface area contributed by atoms with E-state index in [1.54, 1.807) is 0 Å². The van der Waals surface area contributed by atoms with Crippen LogP contribution in [0.5, 0.6) is 0 Å². The van der Waals surface area contributed by atoms with Gasteiger partial charge in [0, 0.05) is 30.1 Å². The molecular formula is C20H25ClN6O. The van der Waals surface area contributed by atoms with E-state index in [-0.39, 0.29) is 5.41 Å². The molecule has 0 N–H and O–H groups in total. The van der Waals surface area contributed by atoms with Crippen LogP contribution >= 0.6 is 11.6 Å². The minimum Gasteiger partial charge on any atom is -0.380 e. The Bertz CT molecular complexity index is 972. The van der Waals surface area contributed by atoms with E-state index >= 15 is 0 Å². The zero-order valence-electron chi connectivity index (χ0n) is 16.5. The molecule has 1 saturated heterocycles. The fraction of sp³-hybridized carbons (Fsp3) is 0.500. The van der Waals surface area contributed by atoms with Crippen molar-refractivity contribution in [3.8, 4) is 0 Å². The summed E-state index contributed by atoms with van der Waals surface area (Å²) in [6, 6.07) is 7.77. The summed E-state index contributed by atoms with van der Waals surface area (Å²) in [6.45, 7) is 9.99. The van der Waals surface area contributed by atoms with E-state index in [4.69, 9.17) is 26.3 Å². The van der Waals surface area contributed by atoms with Crippen LogP contribution in [0.15, 0.2) is 24.3 Å². The highest BCUT2D eigenvalue weighted by Gasteiger charge is 2.25. The number of anilines is 1. The third-order valence-electron chi connectivity index (χ3n) is 4.81. The first-order valence-corrected chi connectivity index (χ1v) is 9.99. The summed E-state index contributed by atoms with van der Waals surface area (Å²) in [6.07, 6.45) is 0.962. The third-order valence-corrected chi connectivity index (χ3v) is 5.18. The number of aromatic nitrogens is 5. The highest BCUT2D eigenvalue weighted by molar-refractivity contribution is 6.31. The molecule has 0 atom stereocenters. The van der Waals surface area contributed by atoms with Gasteiger partial charge in [0.25, 0.3) is 0 Å². The first-order chi connectivity index (χ1) is 13.4. The molecule has 3 aromatic rings. The van der Waals surface area contributed by atoms with Crippen molar-refractivity contribution >= 4 is 28.6 Å². The van der Waals surface area contributed by atoms with E-state index in [0.717, 1.165) is 54.5 Å². The van der Waals surface area contributed by atoms with Crippen molar-refractivity contribution in [2.75, 3.05) is 31.2 Å². The van der Waals surface area contributed by atoms with Crippen LogP contribution in [0.2, 0.25) is 5.02 Å². The molecule has 3 heterocycles. The predicted octanol–water partition coefficient (Wildman–Crippen LogP) is 3.45. The van der Waals surface area contributed by atoms with Gasteiger partial charge in [-0.2, -0.15) is 0 Å². The molecule has 148 valence electrons. The molecule has 0 unspecified atom stereocenters. The highest BCUT2D eigenvalue weighted by atomic mass is 35.5. The molecule has 1 fully saturated rings. The SMILES string of the molecule is CC(C)(C)c1nc(N2CCCOCC2)c2nnn(Cc3ccccc3Cl)c2n1. The monoisotopic (exact) mass is 400 g/mol. The number of hydrogen-bond acceptors (Lipinski definition) is 6. The molecule has 1 aromatic carbocycles. The van der Waals surface area contributed by atoms with Gasteiger partial charge in [-0.3, -0.25) is 0 Å². The van der Waals surface area contributed by atoms with Crippen LogP contribution in [0, 0.1) is 0 Å². The van der Waals surface area contributed by atoms with Crippen LogP contribution in [-0.2, 0) is 16.7 Å². The summed E-state index contributed by atoms with van der Waals surface area (Å²) in [5.41, 5.74) is 2.25. The lowest BCUT2D eigenvalue weighted by Gasteiger charge is -2.24. The van der Waals surface area contributed by atoms with Crippen molar-refractivity contribution in [1.82, 2.24) is 25.0 Å². The van der Waals surface area contributed by atoms with E-state index in [2.05, 4.69) is 36.0 Å². The quantitative estimate of drug-likeness (QED) is 0.670. The van der Waals surface area contributed by atoms with Gasteiger partial charge in [-0.1, -0.05) is 55.8 Å². The molecule has 7 nitrogen and oxygen atoms in total. The first kappa shape index (κ1) is 19.1. The molecule has 1 aliphatic heterocycles. The summed E-state index contributed by atoms with van der Waals surface area (Å²) >= 11 is 6.35. The largest absolute Gasteiger partial charge is 0.380 e. The van der Waals surface area contributed by atoms with Gasteiger partial charge in [-0.15, -0.1) is 5.10 Å². The minimum atomic E-state index is -0.190. The fourth-order valence-electron chi connectivity index (χ4n) is 3.25. The van der Waals surface area contributed by atoms with Crippen molar-refractivity contribution in [1.29, 1.82) is 0 Å². The van der Waals surface area contributed by atoms with Crippen LogP contribution in [-0.4, -0.2) is 51.3 Å². The van der Waals surface area contributed by atoms with E-state index < -0.39 is 0 Å². The number of rotatable bonds is 3. The number of benzene rings is 1. The zero-order valence-corrected chi connectivity index (χ0v) is 17.3. The molecule has 8 heteroatoms. The van der Waals surface area contributed by atoms with Crippen LogP contribution in [0.25, 0.3) is 11.2 Å². The van der Waals surface area contributed by atoms with Crippen LogP contribution in [0.3, 0.4) is 0 Å². The molecule has 4 rings (SSSR count). The molecule has 2 aromatic heterocycles. The van der Waals surface area contributed by atoms with Gasteiger partial charge in [0.05, 0.1) is 13.2 Å². The molecule has 1 aliphatic rings. The number of fused-ring (bicyclic) bond motifs is 1. The van der Waals surface area contributed by atoms with Gasteiger partial charge in [0.15, 0.2) is 17.0 Å². The maximum atomic E-state index is 6.35. The molecular weight excluding hydrogens is 376 g/mol. The van der Waals surface area contributed by atoms with Crippen molar-refractivity contribution in [3.63, 3.8) is 0 Å². The molecule has 0 radical (unpaired) electrons. The molecule has 28 heavy (non-hydrogen) atoms. The summed E-state index contributed by atoms with van der Waals surface area (Å²) in [5, 5.41) is 9.53. The number of ether oxygens (including phenoxy) is 1. The second-order valence-electron chi connectivity index (χ2n) is 8.08. The lowest BCUT2D eigenvalue weighted by Crippen LogP contribution is -2.29. The Morgan fingerprint density at radius 3 is 2.71 bits per heavy atom. The summed E-state index contributed by atoms with van der Waals surface area (Å²) < 4.78 is 7.42. The fourth-order valence-corrected chi connectivity index (χ4v) is 3.45. The Morgan fingerprint density at radius 2 is 1.93 bits per heavy atom. The van der Waals surface area contributed by atoms with E-state index in [1.165, 1.54) is 0 Å².